The molecule has 1 aliphatic rings. The Morgan fingerprint density at radius 2 is 2.07 bits per heavy atom. The van der Waals surface area contributed by atoms with Gasteiger partial charge in [0.05, 0.1) is 11.7 Å². The van der Waals surface area contributed by atoms with Gasteiger partial charge in [0, 0.05) is 24.1 Å². The summed E-state index contributed by atoms with van der Waals surface area (Å²) >= 11 is 1.49. The van der Waals surface area contributed by atoms with Crippen molar-refractivity contribution >= 4 is 22.4 Å². The van der Waals surface area contributed by atoms with Crippen molar-refractivity contribution in [1.82, 2.24) is 4.98 Å². The third-order valence-corrected chi connectivity index (χ3v) is 5.77. The van der Waals surface area contributed by atoms with Gasteiger partial charge >= 0.3 is 0 Å². The fourth-order valence-electron chi connectivity index (χ4n) is 3.26. The summed E-state index contributed by atoms with van der Waals surface area (Å²) in [6.45, 7) is 3.32. The van der Waals surface area contributed by atoms with E-state index in [4.69, 9.17) is 9.47 Å². The van der Waals surface area contributed by atoms with Crippen molar-refractivity contribution in [3.05, 3.63) is 76.3 Å². The van der Waals surface area contributed by atoms with Gasteiger partial charge in [-0.05, 0) is 37.5 Å². The fourth-order valence-corrected chi connectivity index (χ4v) is 4.10. The molecule has 1 aromatic heterocycles. The molecule has 1 saturated heterocycles. The number of benzene rings is 2. The molecule has 1 atom stereocenters. The molecule has 0 saturated carbocycles. The summed E-state index contributed by atoms with van der Waals surface area (Å²) in [5.41, 5.74) is 2.97. The molecular weight excluding hydrogens is 384 g/mol. The second-order valence-corrected chi connectivity index (χ2v) is 8.31. The Labute approximate surface area is 174 Å². The highest BCUT2D eigenvalue weighted by molar-refractivity contribution is 7.15. The number of aromatic nitrogens is 1. The van der Waals surface area contributed by atoms with Gasteiger partial charge in [0.1, 0.15) is 12.4 Å². The number of nitrogens with one attached hydrogen (secondary N) is 1. The van der Waals surface area contributed by atoms with Crippen LogP contribution in [0, 0.1) is 6.92 Å². The number of thiazole rings is 1. The van der Waals surface area contributed by atoms with E-state index in [1.807, 2.05) is 24.4 Å². The maximum atomic E-state index is 12.8. The third kappa shape index (κ3) is 5.22. The van der Waals surface area contributed by atoms with E-state index in [0.717, 1.165) is 30.7 Å². The van der Waals surface area contributed by atoms with Crippen LogP contribution in [0.15, 0.2) is 54.7 Å². The van der Waals surface area contributed by atoms with Crippen molar-refractivity contribution in [3.63, 3.8) is 0 Å². The summed E-state index contributed by atoms with van der Waals surface area (Å²) in [4.78, 5) is 18.2. The van der Waals surface area contributed by atoms with Crippen LogP contribution in [0.5, 0.6) is 5.75 Å². The van der Waals surface area contributed by atoms with Gasteiger partial charge in [0.15, 0.2) is 5.13 Å². The summed E-state index contributed by atoms with van der Waals surface area (Å²) < 4.78 is 11.5. The van der Waals surface area contributed by atoms with Gasteiger partial charge in [-0.2, -0.15) is 0 Å². The number of hydrogen-bond acceptors (Lipinski definition) is 5. The quantitative estimate of drug-likeness (QED) is 0.607. The van der Waals surface area contributed by atoms with E-state index in [1.54, 1.807) is 6.07 Å². The Balaban J connectivity index is 1.39. The molecule has 0 aliphatic carbocycles. The Morgan fingerprint density at radius 1 is 1.24 bits per heavy atom. The van der Waals surface area contributed by atoms with E-state index in [2.05, 4.69) is 41.5 Å². The molecule has 3 aromatic rings. The van der Waals surface area contributed by atoms with Crippen LogP contribution in [0.3, 0.4) is 0 Å². The topological polar surface area (TPSA) is 60.5 Å². The predicted octanol–water partition coefficient (Wildman–Crippen LogP) is 4.85. The second-order valence-electron chi connectivity index (χ2n) is 7.19. The van der Waals surface area contributed by atoms with Crippen molar-refractivity contribution in [3.8, 4) is 5.75 Å². The first-order chi connectivity index (χ1) is 14.2. The maximum absolute atomic E-state index is 12.8. The standard InChI is InChI=1S/C23H24N2O3S/c1-16-8-10-17(11-9-16)13-19-14-24-23(29-19)25-22(26)20-6-2-3-7-21(20)28-15-18-5-4-12-27-18/h2-3,6-11,14,18H,4-5,12-13,15H2,1H3,(H,24,25,26). The van der Waals surface area contributed by atoms with Crippen molar-refractivity contribution in [2.75, 3.05) is 18.5 Å². The maximum Gasteiger partial charge on any atom is 0.261 e. The first-order valence-electron chi connectivity index (χ1n) is 9.82. The minimum absolute atomic E-state index is 0.106. The molecule has 1 fully saturated rings. The number of ether oxygens (including phenoxy) is 2. The number of para-hydroxylation sites is 1. The molecule has 150 valence electrons. The van der Waals surface area contributed by atoms with Crippen LogP contribution >= 0.6 is 11.3 Å². The van der Waals surface area contributed by atoms with Gasteiger partial charge in [-0.25, -0.2) is 4.98 Å². The molecule has 1 unspecified atom stereocenters. The number of amides is 1. The highest BCUT2D eigenvalue weighted by Gasteiger charge is 2.19. The van der Waals surface area contributed by atoms with Gasteiger partial charge in [-0.15, -0.1) is 11.3 Å². The van der Waals surface area contributed by atoms with Crippen LogP contribution in [-0.2, 0) is 11.2 Å². The Kier molecular flexibility index (Phi) is 6.22. The highest BCUT2D eigenvalue weighted by atomic mass is 32.1. The molecule has 0 radical (unpaired) electrons. The van der Waals surface area contributed by atoms with Crippen molar-refractivity contribution in [1.29, 1.82) is 0 Å². The summed E-state index contributed by atoms with van der Waals surface area (Å²) in [5, 5.41) is 3.49. The highest BCUT2D eigenvalue weighted by Crippen LogP contribution is 2.25. The number of anilines is 1. The van der Waals surface area contributed by atoms with E-state index in [-0.39, 0.29) is 12.0 Å². The van der Waals surface area contributed by atoms with Gasteiger partial charge in [0.2, 0.25) is 0 Å². The second kappa shape index (κ2) is 9.20. The molecule has 4 rings (SSSR count). The normalized spacial score (nSPS) is 16.0. The Hall–Kier alpha value is -2.70. The van der Waals surface area contributed by atoms with Crippen LogP contribution in [-0.4, -0.2) is 30.2 Å². The fraction of sp³-hybridized carbons (Fsp3) is 0.304. The molecule has 2 aromatic carbocycles. The minimum atomic E-state index is -0.218. The number of carbonyl (C=O) groups is 1. The number of hydrogen-bond donors (Lipinski definition) is 1. The average molecular weight is 409 g/mol. The van der Waals surface area contributed by atoms with E-state index in [1.165, 1.54) is 22.5 Å². The summed E-state index contributed by atoms with van der Waals surface area (Å²) in [6.07, 6.45) is 4.78. The minimum Gasteiger partial charge on any atom is -0.490 e. The average Bonchev–Trinajstić information content (AvgIpc) is 3.40. The van der Waals surface area contributed by atoms with Crippen LogP contribution in [0.2, 0.25) is 0 Å². The van der Waals surface area contributed by atoms with Crippen LogP contribution in [0.4, 0.5) is 5.13 Å². The number of aryl methyl sites for hydroxylation is 1. The van der Waals surface area contributed by atoms with Crippen molar-refractivity contribution in [2.45, 2.75) is 32.3 Å². The van der Waals surface area contributed by atoms with Crippen LogP contribution in [0.25, 0.3) is 0 Å². The van der Waals surface area contributed by atoms with Gasteiger partial charge < -0.3 is 9.47 Å². The van der Waals surface area contributed by atoms with E-state index in [0.29, 0.717) is 23.1 Å². The lowest BCUT2D eigenvalue weighted by Gasteiger charge is -2.14. The zero-order valence-corrected chi connectivity index (χ0v) is 17.2. The SMILES string of the molecule is Cc1ccc(Cc2cnc(NC(=O)c3ccccc3OCC3CCCO3)s2)cc1. The number of rotatable bonds is 7. The number of carbonyl (C=O) groups excluding carboxylic acids is 1. The van der Waals surface area contributed by atoms with Crippen molar-refractivity contribution < 1.29 is 14.3 Å². The summed E-state index contributed by atoms with van der Waals surface area (Å²) in [7, 11) is 0. The van der Waals surface area contributed by atoms with E-state index in [9.17, 15) is 4.79 Å². The Morgan fingerprint density at radius 3 is 2.86 bits per heavy atom. The first-order valence-corrected chi connectivity index (χ1v) is 10.6. The predicted molar refractivity (Wildman–Crippen MR) is 115 cm³/mol. The van der Waals surface area contributed by atoms with Crippen LogP contribution < -0.4 is 10.1 Å². The molecule has 1 amide bonds. The molecular formula is C23H24N2O3S. The lowest BCUT2D eigenvalue weighted by molar-refractivity contribution is 0.0673. The lowest BCUT2D eigenvalue weighted by atomic mass is 10.1. The van der Waals surface area contributed by atoms with Gasteiger partial charge in [-0.1, -0.05) is 42.0 Å². The zero-order chi connectivity index (χ0) is 20.1. The molecule has 2 heterocycles. The van der Waals surface area contributed by atoms with E-state index >= 15 is 0 Å². The van der Waals surface area contributed by atoms with Crippen molar-refractivity contribution in [2.24, 2.45) is 0 Å². The lowest BCUT2D eigenvalue weighted by Crippen LogP contribution is -2.19. The number of nitrogens with zero attached hydrogens (tertiary/aromatic N) is 1. The van der Waals surface area contributed by atoms with Gasteiger partial charge in [-0.3, -0.25) is 10.1 Å². The van der Waals surface area contributed by atoms with E-state index < -0.39 is 0 Å². The molecule has 6 heteroatoms. The van der Waals surface area contributed by atoms with Crippen LogP contribution in [0.1, 0.15) is 39.2 Å². The molecule has 1 N–H and O–H groups in total. The monoisotopic (exact) mass is 408 g/mol. The van der Waals surface area contributed by atoms with Gasteiger partial charge in [0.25, 0.3) is 5.91 Å². The third-order valence-electron chi connectivity index (χ3n) is 4.85. The summed E-state index contributed by atoms with van der Waals surface area (Å²) in [6, 6.07) is 15.7. The smallest absolute Gasteiger partial charge is 0.261 e. The Bertz CT molecular complexity index is 962. The molecule has 1 aliphatic heterocycles. The molecule has 29 heavy (non-hydrogen) atoms. The molecule has 0 spiro atoms. The molecule has 0 bridgehead atoms. The largest absolute Gasteiger partial charge is 0.490 e. The summed E-state index contributed by atoms with van der Waals surface area (Å²) in [5.74, 6) is 0.348. The zero-order valence-electron chi connectivity index (χ0n) is 16.4. The molecule has 5 nitrogen and oxygen atoms in total. The first kappa shape index (κ1) is 19.6.